The van der Waals surface area contributed by atoms with Crippen molar-refractivity contribution in [1.29, 1.82) is 0 Å². The molecule has 0 aliphatic heterocycles. The Bertz CT molecular complexity index is 732. The molecule has 118 valence electrons. The lowest BCUT2D eigenvalue weighted by atomic mass is 10.0. The van der Waals surface area contributed by atoms with E-state index in [0.717, 1.165) is 40.9 Å². The molecule has 0 bridgehead atoms. The number of aromatic nitrogens is 1. The minimum Gasteiger partial charge on any atom is -0.323 e. The van der Waals surface area contributed by atoms with Crippen LogP contribution >= 0.6 is 0 Å². The maximum absolute atomic E-state index is 11.4. The average Bonchev–Trinajstić information content (AvgIpc) is 2.57. The van der Waals surface area contributed by atoms with E-state index in [0.29, 0.717) is 0 Å². The van der Waals surface area contributed by atoms with E-state index in [1.54, 1.807) is 0 Å². The maximum Gasteiger partial charge on any atom is 0.247 e. The molecule has 1 aromatic heterocycles. The Labute approximate surface area is 137 Å². The highest BCUT2D eigenvalue weighted by Crippen LogP contribution is 2.24. The van der Waals surface area contributed by atoms with E-state index in [1.807, 2.05) is 37.4 Å². The minimum atomic E-state index is -0.215. The number of aryl methyl sites for hydroxylation is 1. The maximum atomic E-state index is 11.4. The summed E-state index contributed by atoms with van der Waals surface area (Å²) in [6, 6.07) is 9.85. The first-order valence-corrected chi connectivity index (χ1v) is 7.81. The van der Waals surface area contributed by atoms with Crippen LogP contribution in [0.25, 0.3) is 17.2 Å². The molecule has 3 heteroatoms. The summed E-state index contributed by atoms with van der Waals surface area (Å²) < 4.78 is 0. The normalized spacial score (nSPS) is 10.7. The summed E-state index contributed by atoms with van der Waals surface area (Å²) in [7, 11) is 0. The largest absolute Gasteiger partial charge is 0.323 e. The van der Waals surface area contributed by atoms with Crippen molar-refractivity contribution < 1.29 is 4.79 Å². The smallest absolute Gasteiger partial charge is 0.247 e. The molecule has 0 saturated heterocycles. The van der Waals surface area contributed by atoms with Gasteiger partial charge in [0.05, 0.1) is 0 Å². The van der Waals surface area contributed by atoms with Crippen molar-refractivity contribution in [1.82, 2.24) is 4.98 Å². The van der Waals surface area contributed by atoms with E-state index in [9.17, 15) is 4.79 Å². The molecule has 1 amide bonds. The van der Waals surface area contributed by atoms with E-state index in [-0.39, 0.29) is 5.91 Å². The van der Waals surface area contributed by atoms with Gasteiger partial charge in [0.25, 0.3) is 0 Å². The molecule has 0 saturated carbocycles. The van der Waals surface area contributed by atoms with Gasteiger partial charge in [-0.25, -0.2) is 0 Å². The van der Waals surface area contributed by atoms with Gasteiger partial charge in [-0.05, 0) is 48.7 Å². The third-order valence-electron chi connectivity index (χ3n) is 3.53. The molecule has 0 fully saturated rings. The van der Waals surface area contributed by atoms with E-state index in [2.05, 4.69) is 42.0 Å². The molecule has 0 spiro atoms. The van der Waals surface area contributed by atoms with Gasteiger partial charge in [-0.3, -0.25) is 9.78 Å². The van der Waals surface area contributed by atoms with Crippen molar-refractivity contribution in [2.24, 2.45) is 0 Å². The van der Waals surface area contributed by atoms with Gasteiger partial charge in [-0.2, -0.15) is 0 Å². The summed E-state index contributed by atoms with van der Waals surface area (Å²) >= 11 is 0. The van der Waals surface area contributed by atoms with E-state index in [1.165, 1.54) is 6.08 Å². The number of unbranched alkanes of at least 4 members (excludes halogenated alkanes) is 1. The predicted molar refractivity (Wildman–Crippen MR) is 97.2 cm³/mol. The molecule has 0 aliphatic carbocycles. The highest BCUT2D eigenvalue weighted by atomic mass is 16.1. The van der Waals surface area contributed by atoms with Crippen LogP contribution in [0.5, 0.6) is 0 Å². The molecular formula is C20H22N2O. The number of pyridine rings is 1. The Kier molecular flexibility index (Phi) is 5.87. The Balaban J connectivity index is 2.31. The quantitative estimate of drug-likeness (QED) is 0.763. The lowest BCUT2D eigenvalue weighted by Crippen LogP contribution is -2.07. The van der Waals surface area contributed by atoms with Crippen molar-refractivity contribution in [3.8, 4) is 11.1 Å². The van der Waals surface area contributed by atoms with Crippen LogP contribution in [0.1, 0.15) is 31.0 Å². The van der Waals surface area contributed by atoms with Gasteiger partial charge in [-0.1, -0.05) is 44.2 Å². The molecular weight excluding hydrogens is 284 g/mol. The summed E-state index contributed by atoms with van der Waals surface area (Å²) in [4.78, 5) is 15.9. The van der Waals surface area contributed by atoms with Gasteiger partial charge in [0.1, 0.15) is 0 Å². The van der Waals surface area contributed by atoms with Crippen LogP contribution in [0.4, 0.5) is 5.69 Å². The number of carbonyl (C=O) groups excluding carboxylic acids is 1. The van der Waals surface area contributed by atoms with Gasteiger partial charge in [0, 0.05) is 23.1 Å². The summed E-state index contributed by atoms with van der Waals surface area (Å²) in [6.07, 6.45) is 9.62. The minimum absolute atomic E-state index is 0.215. The van der Waals surface area contributed by atoms with Crippen LogP contribution in [0.3, 0.4) is 0 Å². The highest BCUT2D eigenvalue weighted by molar-refractivity contribution is 5.99. The lowest BCUT2D eigenvalue weighted by Gasteiger charge is -2.08. The molecule has 3 nitrogen and oxygen atoms in total. The second kappa shape index (κ2) is 8.08. The molecule has 2 aromatic rings. The zero-order chi connectivity index (χ0) is 16.7. The number of carbonyl (C=O) groups is 1. The van der Waals surface area contributed by atoms with Crippen LogP contribution in [0, 0.1) is 6.92 Å². The molecule has 1 aromatic carbocycles. The van der Waals surface area contributed by atoms with Crippen LogP contribution in [-0.4, -0.2) is 10.9 Å². The summed E-state index contributed by atoms with van der Waals surface area (Å²) in [5.74, 6) is -0.215. The number of hydrogen-bond acceptors (Lipinski definition) is 2. The predicted octanol–water partition coefficient (Wildman–Crippen LogP) is 4.99. The molecule has 0 radical (unpaired) electrons. The lowest BCUT2D eigenvalue weighted by molar-refractivity contribution is -0.111. The Hall–Kier alpha value is -2.68. The zero-order valence-electron chi connectivity index (χ0n) is 13.7. The molecule has 0 unspecified atom stereocenters. The number of hydrogen-bond donors (Lipinski definition) is 1. The highest BCUT2D eigenvalue weighted by Gasteiger charge is 2.04. The number of benzene rings is 1. The van der Waals surface area contributed by atoms with Crippen LogP contribution in [0.2, 0.25) is 0 Å². The first kappa shape index (κ1) is 16.7. The SMILES string of the molecule is C=CC(=O)Nc1cccc(-c2cnc(C)c(/C=C\CCC)c2)c1. The van der Waals surface area contributed by atoms with Gasteiger partial charge < -0.3 is 5.32 Å². The van der Waals surface area contributed by atoms with Crippen LogP contribution < -0.4 is 5.32 Å². The van der Waals surface area contributed by atoms with E-state index < -0.39 is 0 Å². The van der Waals surface area contributed by atoms with Crippen molar-refractivity contribution in [2.75, 3.05) is 5.32 Å². The van der Waals surface area contributed by atoms with Gasteiger partial charge in [0.2, 0.25) is 5.91 Å². The zero-order valence-corrected chi connectivity index (χ0v) is 13.7. The Morgan fingerprint density at radius 3 is 2.87 bits per heavy atom. The molecule has 0 atom stereocenters. The fraction of sp³-hybridized carbons (Fsp3) is 0.200. The summed E-state index contributed by atoms with van der Waals surface area (Å²) in [5.41, 5.74) is 4.93. The summed E-state index contributed by atoms with van der Waals surface area (Å²) in [6.45, 7) is 7.64. The fourth-order valence-electron chi connectivity index (χ4n) is 2.22. The average molecular weight is 306 g/mol. The molecule has 1 heterocycles. The van der Waals surface area contributed by atoms with E-state index in [4.69, 9.17) is 0 Å². The van der Waals surface area contributed by atoms with Gasteiger partial charge in [0.15, 0.2) is 0 Å². The van der Waals surface area contributed by atoms with Gasteiger partial charge in [-0.15, -0.1) is 0 Å². The topological polar surface area (TPSA) is 42.0 Å². The standard InChI is InChI=1S/C20H22N2O/c1-4-6-7-9-16-12-18(14-21-15(16)3)17-10-8-11-19(13-17)22-20(23)5-2/h5,7-14H,2,4,6H2,1,3H3,(H,22,23)/b9-7-. The van der Waals surface area contributed by atoms with Crippen LogP contribution in [0.15, 0.2) is 55.3 Å². The number of allylic oxidation sites excluding steroid dienone is 1. The number of amides is 1. The Morgan fingerprint density at radius 1 is 1.30 bits per heavy atom. The van der Waals surface area contributed by atoms with E-state index >= 15 is 0 Å². The third-order valence-corrected chi connectivity index (χ3v) is 3.53. The number of nitrogens with zero attached hydrogens (tertiary/aromatic N) is 1. The second-order valence-electron chi connectivity index (χ2n) is 5.36. The Morgan fingerprint density at radius 2 is 2.13 bits per heavy atom. The fourth-order valence-corrected chi connectivity index (χ4v) is 2.22. The van der Waals surface area contributed by atoms with Crippen molar-refractivity contribution in [2.45, 2.75) is 26.7 Å². The van der Waals surface area contributed by atoms with Crippen molar-refractivity contribution >= 4 is 17.7 Å². The monoisotopic (exact) mass is 306 g/mol. The number of nitrogens with one attached hydrogen (secondary N) is 1. The number of rotatable bonds is 6. The first-order valence-electron chi connectivity index (χ1n) is 7.81. The molecule has 23 heavy (non-hydrogen) atoms. The molecule has 0 aliphatic rings. The first-order chi connectivity index (χ1) is 11.1. The summed E-state index contributed by atoms with van der Waals surface area (Å²) in [5, 5.41) is 2.78. The second-order valence-corrected chi connectivity index (χ2v) is 5.36. The van der Waals surface area contributed by atoms with Crippen molar-refractivity contribution in [3.63, 3.8) is 0 Å². The van der Waals surface area contributed by atoms with Crippen LogP contribution in [-0.2, 0) is 4.79 Å². The van der Waals surface area contributed by atoms with Gasteiger partial charge >= 0.3 is 0 Å². The third kappa shape index (κ3) is 4.65. The van der Waals surface area contributed by atoms with Crippen molar-refractivity contribution in [3.05, 3.63) is 66.5 Å². The molecule has 1 N–H and O–H groups in total. The number of anilines is 1. The molecule has 2 rings (SSSR count).